The fourth-order valence-corrected chi connectivity index (χ4v) is 1.46. The molecule has 1 heterocycles. The van der Waals surface area contributed by atoms with Crippen molar-refractivity contribution in [3.8, 4) is 0 Å². The number of rotatable bonds is 6. The van der Waals surface area contributed by atoms with Crippen LogP contribution in [0.1, 0.15) is 33.1 Å². The van der Waals surface area contributed by atoms with Gasteiger partial charge in [-0.05, 0) is 12.3 Å². The highest BCUT2D eigenvalue weighted by Crippen LogP contribution is 2.08. The smallest absolute Gasteiger partial charge is 0.253 e. The maximum Gasteiger partial charge on any atom is 0.253 e. The lowest BCUT2D eigenvalue weighted by molar-refractivity contribution is -0.137. The molecule has 0 bridgehead atoms. The van der Waals surface area contributed by atoms with E-state index >= 15 is 0 Å². The van der Waals surface area contributed by atoms with E-state index in [-0.39, 0.29) is 30.6 Å². The Morgan fingerprint density at radius 3 is 2.25 bits per heavy atom. The predicted molar refractivity (Wildman–Crippen MR) is 59.6 cm³/mol. The van der Waals surface area contributed by atoms with Gasteiger partial charge in [0.25, 0.3) is 11.8 Å². The third-order valence-electron chi connectivity index (χ3n) is 2.52. The average Bonchev–Trinajstić information content (AvgIpc) is 2.53. The fraction of sp³-hybridized carbons (Fsp3) is 0.583. The third kappa shape index (κ3) is 3.61. The van der Waals surface area contributed by atoms with Gasteiger partial charge in [0, 0.05) is 31.5 Å². The van der Waals surface area contributed by atoms with Crippen LogP contribution in [0.5, 0.6) is 0 Å². The van der Waals surface area contributed by atoms with Gasteiger partial charge in [0.05, 0.1) is 0 Å². The predicted octanol–water partition coefficient (Wildman–Crippen LogP) is 1.31. The summed E-state index contributed by atoms with van der Waals surface area (Å²) in [4.78, 5) is 34.9. The molecule has 0 N–H and O–H groups in total. The first-order valence-electron chi connectivity index (χ1n) is 5.56. The van der Waals surface area contributed by atoms with E-state index < -0.39 is 0 Å². The summed E-state index contributed by atoms with van der Waals surface area (Å²) in [5.74, 6) is -0.0230. The molecule has 0 fully saturated rings. The summed E-state index contributed by atoms with van der Waals surface area (Å²) in [6, 6.07) is 0. The molecule has 0 aromatic heterocycles. The molecule has 4 nitrogen and oxygen atoms in total. The second kappa shape index (κ2) is 5.58. The van der Waals surface area contributed by atoms with E-state index in [4.69, 9.17) is 0 Å². The van der Waals surface area contributed by atoms with Crippen molar-refractivity contribution in [1.29, 1.82) is 0 Å². The van der Waals surface area contributed by atoms with Crippen molar-refractivity contribution < 1.29 is 14.4 Å². The van der Waals surface area contributed by atoms with E-state index in [0.29, 0.717) is 12.3 Å². The molecule has 88 valence electrons. The molecule has 0 spiro atoms. The summed E-state index contributed by atoms with van der Waals surface area (Å²) in [6.45, 7) is 4.33. The van der Waals surface area contributed by atoms with E-state index in [1.165, 1.54) is 12.2 Å². The number of hydrogen-bond acceptors (Lipinski definition) is 3. The first kappa shape index (κ1) is 12.6. The highest BCUT2D eigenvalue weighted by Gasteiger charge is 2.23. The minimum absolute atomic E-state index is 0.112. The monoisotopic (exact) mass is 223 g/mol. The van der Waals surface area contributed by atoms with Gasteiger partial charge in [-0.25, -0.2) is 0 Å². The molecule has 0 saturated heterocycles. The summed E-state index contributed by atoms with van der Waals surface area (Å²) in [7, 11) is 0. The number of amides is 2. The van der Waals surface area contributed by atoms with E-state index in [9.17, 15) is 14.4 Å². The summed E-state index contributed by atoms with van der Waals surface area (Å²) in [5.41, 5.74) is 0. The molecule has 0 aromatic carbocycles. The Hall–Kier alpha value is -1.45. The largest absolute Gasteiger partial charge is 0.300 e. The molecule has 0 unspecified atom stereocenters. The maximum atomic E-state index is 11.4. The van der Waals surface area contributed by atoms with Gasteiger partial charge < -0.3 is 0 Å². The summed E-state index contributed by atoms with van der Waals surface area (Å²) in [6.07, 6.45) is 4.13. The Kier molecular flexibility index (Phi) is 4.40. The van der Waals surface area contributed by atoms with Crippen molar-refractivity contribution >= 4 is 17.6 Å². The van der Waals surface area contributed by atoms with Gasteiger partial charge in [-0.2, -0.15) is 0 Å². The first-order chi connectivity index (χ1) is 7.50. The van der Waals surface area contributed by atoms with E-state index in [0.717, 1.165) is 11.3 Å². The molecule has 0 atom stereocenters. The fourth-order valence-electron chi connectivity index (χ4n) is 1.46. The Labute approximate surface area is 95.3 Å². The number of ketones is 1. The molecule has 1 aliphatic rings. The van der Waals surface area contributed by atoms with Crippen molar-refractivity contribution in [3.05, 3.63) is 12.2 Å². The van der Waals surface area contributed by atoms with Crippen LogP contribution in [0.4, 0.5) is 0 Å². The van der Waals surface area contributed by atoms with E-state index in [1.54, 1.807) is 0 Å². The maximum absolute atomic E-state index is 11.4. The molecule has 0 aliphatic carbocycles. The summed E-state index contributed by atoms with van der Waals surface area (Å²) < 4.78 is 0. The van der Waals surface area contributed by atoms with Crippen LogP contribution in [0, 0.1) is 5.92 Å². The number of hydrogen-bond donors (Lipinski definition) is 0. The lowest BCUT2D eigenvalue weighted by Crippen LogP contribution is -2.32. The van der Waals surface area contributed by atoms with Crippen molar-refractivity contribution in [3.63, 3.8) is 0 Å². The Bertz CT molecular complexity index is 313. The van der Waals surface area contributed by atoms with Gasteiger partial charge in [0.2, 0.25) is 0 Å². The molecular formula is C12H17NO3. The van der Waals surface area contributed by atoms with Crippen molar-refractivity contribution in [2.45, 2.75) is 33.1 Å². The Balaban J connectivity index is 2.27. The minimum atomic E-state index is -0.318. The molecule has 0 radical (unpaired) electrons. The van der Waals surface area contributed by atoms with Crippen LogP contribution in [0.15, 0.2) is 12.2 Å². The number of carbonyl (C=O) groups excluding carboxylic acids is 3. The number of imide groups is 1. The van der Waals surface area contributed by atoms with Crippen LogP contribution in [0.3, 0.4) is 0 Å². The van der Waals surface area contributed by atoms with Gasteiger partial charge in [-0.1, -0.05) is 13.8 Å². The van der Waals surface area contributed by atoms with Crippen molar-refractivity contribution in [2.24, 2.45) is 5.92 Å². The molecule has 0 aromatic rings. The highest BCUT2D eigenvalue weighted by atomic mass is 16.2. The van der Waals surface area contributed by atoms with Crippen LogP contribution in [0.25, 0.3) is 0 Å². The van der Waals surface area contributed by atoms with Crippen LogP contribution in [-0.4, -0.2) is 29.0 Å². The Morgan fingerprint density at radius 2 is 1.75 bits per heavy atom. The second-order valence-corrected chi connectivity index (χ2v) is 4.38. The van der Waals surface area contributed by atoms with Crippen molar-refractivity contribution in [2.75, 3.05) is 6.54 Å². The zero-order chi connectivity index (χ0) is 12.1. The first-order valence-corrected chi connectivity index (χ1v) is 5.56. The van der Waals surface area contributed by atoms with Gasteiger partial charge in [0.15, 0.2) is 0 Å². The Morgan fingerprint density at radius 1 is 1.19 bits per heavy atom. The second-order valence-electron chi connectivity index (χ2n) is 4.38. The summed E-state index contributed by atoms with van der Waals surface area (Å²) in [5, 5.41) is 0. The molecule has 0 saturated carbocycles. The zero-order valence-corrected chi connectivity index (χ0v) is 9.73. The van der Waals surface area contributed by atoms with Gasteiger partial charge in [-0.15, -0.1) is 0 Å². The quantitative estimate of drug-likeness (QED) is 0.638. The normalized spacial score (nSPS) is 15.3. The van der Waals surface area contributed by atoms with Crippen LogP contribution < -0.4 is 0 Å². The zero-order valence-electron chi connectivity index (χ0n) is 9.73. The number of carbonyl (C=O) groups is 3. The average molecular weight is 223 g/mol. The molecule has 16 heavy (non-hydrogen) atoms. The van der Waals surface area contributed by atoms with Gasteiger partial charge in [0.1, 0.15) is 5.78 Å². The summed E-state index contributed by atoms with van der Waals surface area (Å²) >= 11 is 0. The molecule has 2 amide bonds. The molecular weight excluding hydrogens is 206 g/mol. The van der Waals surface area contributed by atoms with Crippen LogP contribution in [-0.2, 0) is 14.4 Å². The van der Waals surface area contributed by atoms with Crippen LogP contribution >= 0.6 is 0 Å². The van der Waals surface area contributed by atoms with Gasteiger partial charge >= 0.3 is 0 Å². The SMILES string of the molecule is CC(C)CCC(=O)CCN1C(=O)C=CC1=O. The number of nitrogens with zero attached hydrogens (tertiary/aromatic N) is 1. The van der Waals surface area contributed by atoms with E-state index in [1.807, 2.05) is 0 Å². The molecule has 1 aliphatic heterocycles. The standard InChI is InChI=1S/C12H17NO3/c1-9(2)3-4-10(14)7-8-13-11(15)5-6-12(13)16/h5-6,9H,3-4,7-8H2,1-2H3. The lowest BCUT2D eigenvalue weighted by Gasteiger charge is -2.12. The highest BCUT2D eigenvalue weighted by molar-refractivity contribution is 6.13. The lowest BCUT2D eigenvalue weighted by atomic mass is 10.0. The van der Waals surface area contributed by atoms with Crippen molar-refractivity contribution in [1.82, 2.24) is 4.90 Å². The molecule has 1 rings (SSSR count). The molecule has 4 heteroatoms. The van der Waals surface area contributed by atoms with E-state index in [2.05, 4.69) is 13.8 Å². The topological polar surface area (TPSA) is 54.5 Å². The number of Topliss-reactive ketones (excluding diaryl/α,β-unsaturated/α-hetero) is 1. The van der Waals surface area contributed by atoms with Crippen LogP contribution in [0.2, 0.25) is 0 Å². The third-order valence-corrected chi connectivity index (χ3v) is 2.52. The van der Waals surface area contributed by atoms with Gasteiger partial charge in [-0.3, -0.25) is 19.3 Å². The minimum Gasteiger partial charge on any atom is -0.300 e.